The number of hydrogen-bond donors (Lipinski definition) is 1. The Hall–Kier alpha value is -3.37. The summed E-state index contributed by atoms with van der Waals surface area (Å²) in [7, 11) is 0. The number of carbonyl (C=O) groups excluding carboxylic acids is 1. The van der Waals surface area contributed by atoms with Gasteiger partial charge in [0.25, 0.3) is 5.91 Å². The molecule has 2 aromatic carbocycles. The van der Waals surface area contributed by atoms with Gasteiger partial charge in [0.15, 0.2) is 5.13 Å². The molecule has 0 aliphatic carbocycles. The molecule has 0 spiro atoms. The Kier molecular flexibility index (Phi) is 6.15. The van der Waals surface area contributed by atoms with Crippen LogP contribution in [0.5, 0.6) is 0 Å². The van der Waals surface area contributed by atoms with Crippen LogP contribution < -0.4 is 5.32 Å². The van der Waals surface area contributed by atoms with Crippen molar-refractivity contribution in [3.05, 3.63) is 90.9 Å². The Morgan fingerprint density at radius 3 is 2.59 bits per heavy atom. The van der Waals surface area contributed by atoms with Gasteiger partial charge in [-0.05, 0) is 69.6 Å². The molecule has 1 N–H and O–H groups in total. The molecule has 0 saturated carbocycles. The summed E-state index contributed by atoms with van der Waals surface area (Å²) in [5, 5.41) is 20.1. The second kappa shape index (κ2) is 9.01. The van der Waals surface area contributed by atoms with Gasteiger partial charge >= 0.3 is 5.82 Å². The molecule has 1 amide bonds. The highest BCUT2D eigenvalue weighted by atomic mass is 79.9. The van der Waals surface area contributed by atoms with E-state index in [-0.39, 0.29) is 11.7 Å². The standard InChI is InChI=1S/C22H18BrN5O3S/c1-13-3-6-17(9-14(13)2)19-12-32-22(24-19)25-21(29)16-7-4-15(5-8-16)10-27-11-18(23)20(26-27)28(30)31/h3-9,11-12H,10H2,1-2H3,(H,24,25,29). The quantitative estimate of drug-likeness (QED) is 0.268. The van der Waals surface area contributed by atoms with E-state index in [1.807, 2.05) is 11.4 Å². The number of anilines is 1. The number of hydrogen-bond acceptors (Lipinski definition) is 6. The zero-order valence-corrected chi connectivity index (χ0v) is 19.6. The van der Waals surface area contributed by atoms with Gasteiger partial charge in [-0.1, -0.05) is 24.3 Å². The molecule has 0 atom stereocenters. The van der Waals surface area contributed by atoms with Gasteiger partial charge in [-0.3, -0.25) is 10.1 Å². The highest BCUT2D eigenvalue weighted by Gasteiger charge is 2.18. The number of nitrogens with zero attached hydrogens (tertiary/aromatic N) is 4. The van der Waals surface area contributed by atoms with Crippen LogP contribution in [0.15, 0.2) is 58.5 Å². The number of thiazole rings is 1. The third-order valence-corrected chi connectivity index (χ3v) is 6.28. The van der Waals surface area contributed by atoms with Gasteiger partial charge in [-0.25, -0.2) is 4.98 Å². The normalized spacial score (nSPS) is 10.8. The van der Waals surface area contributed by atoms with Crippen molar-refractivity contribution in [1.29, 1.82) is 0 Å². The van der Waals surface area contributed by atoms with Gasteiger partial charge in [-0.15, -0.1) is 11.3 Å². The Morgan fingerprint density at radius 2 is 1.94 bits per heavy atom. The van der Waals surface area contributed by atoms with Crippen molar-refractivity contribution in [3.63, 3.8) is 0 Å². The number of carbonyl (C=O) groups is 1. The monoisotopic (exact) mass is 511 g/mol. The zero-order chi connectivity index (χ0) is 22.8. The predicted molar refractivity (Wildman–Crippen MR) is 127 cm³/mol. The average molecular weight is 512 g/mol. The lowest BCUT2D eigenvalue weighted by molar-refractivity contribution is -0.390. The number of nitro groups is 1. The van der Waals surface area contributed by atoms with Gasteiger partial charge in [0.1, 0.15) is 4.47 Å². The van der Waals surface area contributed by atoms with E-state index in [9.17, 15) is 14.9 Å². The van der Waals surface area contributed by atoms with Gasteiger partial charge in [0.2, 0.25) is 0 Å². The third-order valence-electron chi connectivity index (χ3n) is 4.96. The maximum atomic E-state index is 12.6. The molecule has 2 aromatic heterocycles. The number of nitrogens with one attached hydrogen (secondary N) is 1. The molecular weight excluding hydrogens is 494 g/mol. The minimum absolute atomic E-state index is 0.232. The molecule has 0 saturated heterocycles. The fourth-order valence-electron chi connectivity index (χ4n) is 3.07. The van der Waals surface area contributed by atoms with Crippen molar-refractivity contribution in [2.45, 2.75) is 20.4 Å². The van der Waals surface area contributed by atoms with E-state index in [4.69, 9.17) is 0 Å². The molecule has 0 fully saturated rings. The van der Waals surface area contributed by atoms with Gasteiger partial charge in [0.05, 0.1) is 23.5 Å². The van der Waals surface area contributed by atoms with Crippen LogP contribution in [-0.2, 0) is 6.54 Å². The van der Waals surface area contributed by atoms with Gasteiger partial charge in [0, 0.05) is 16.5 Å². The number of halogens is 1. The minimum atomic E-state index is -0.544. The first-order chi connectivity index (χ1) is 15.3. The summed E-state index contributed by atoms with van der Waals surface area (Å²) in [5.41, 5.74) is 5.60. The van der Waals surface area contributed by atoms with Gasteiger partial charge in [-0.2, -0.15) is 4.68 Å². The summed E-state index contributed by atoms with van der Waals surface area (Å²) >= 11 is 4.51. The lowest BCUT2D eigenvalue weighted by atomic mass is 10.1. The van der Waals surface area contributed by atoms with Crippen LogP contribution in [0, 0.1) is 24.0 Å². The zero-order valence-electron chi connectivity index (χ0n) is 17.2. The maximum Gasteiger partial charge on any atom is 0.404 e. The van der Waals surface area contributed by atoms with Crippen molar-refractivity contribution in [2.24, 2.45) is 0 Å². The number of benzene rings is 2. The van der Waals surface area contributed by atoms with E-state index in [0.29, 0.717) is 21.7 Å². The predicted octanol–water partition coefficient (Wildman–Crippen LogP) is 5.59. The van der Waals surface area contributed by atoms with E-state index < -0.39 is 4.92 Å². The fourth-order valence-corrected chi connectivity index (χ4v) is 4.25. The fraction of sp³-hybridized carbons (Fsp3) is 0.136. The topological polar surface area (TPSA) is 103 Å². The van der Waals surface area contributed by atoms with Crippen molar-refractivity contribution in [2.75, 3.05) is 5.32 Å². The summed E-state index contributed by atoms with van der Waals surface area (Å²) in [5.74, 6) is -0.486. The Labute approximate surface area is 196 Å². The molecule has 10 heteroatoms. The first kappa shape index (κ1) is 21.8. The molecule has 0 bridgehead atoms. The van der Waals surface area contributed by atoms with Crippen LogP contribution in [0.3, 0.4) is 0 Å². The molecule has 4 aromatic rings. The first-order valence-electron chi connectivity index (χ1n) is 9.61. The van der Waals surface area contributed by atoms with Crippen molar-refractivity contribution in [1.82, 2.24) is 14.8 Å². The van der Waals surface area contributed by atoms with Crippen LogP contribution >= 0.6 is 27.3 Å². The lowest BCUT2D eigenvalue weighted by Crippen LogP contribution is -2.12. The highest BCUT2D eigenvalue weighted by Crippen LogP contribution is 2.27. The van der Waals surface area contributed by atoms with Crippen molar-refractivity contribution >= 4 is 44.1 Å². The number of rotatable bonds is 6. The lowest BCUT2D eigenvalue weighted by Gasteiger charge is -2.04. The van der Waals surface area contributed by atoms with Crippen molar-refractivity contribution in [3.8, 4) is 11.3 Å². The second-order valence-corrected chi connectivity index (χ2v) is 8.96. The Bertz CT molecular complexity index is 1310. The van der Waals surface area contributed by atoms with E-state index >= 15 is 0 Å². The molecule has 0 aliphatic heterocycles. The third kappa shape index (κ3) is 4.76. The maximum absolute atomic E-state index is 12.6. The molecule has 0 aliphatic rings. The van der Waals surface area contributed by atoms with Crippen LogP contribution in [0.1, 0.15) is 27.0 Å². The van der Waals surface area contributed by atoms with E-state index in [0.717, 1.165) is 16.8 Å². The van der Waals surface area contributed by atoms with E-state index in [2.05, 4.69) is 57.3 Å². The molecule has 162 valence electrons. The molecule has 0 radical (unpaired) electrons. The number of aromatic nitrogens is 3. The van der Waals surface area contributed by atoms with E-state index in [1.165, 1.54) is 27.1 Å². The first-order valence-corrected chi connectivity index (χ1v) is 11.3. The van der Waals surface area contributed by atoms with Crippen LogP contribution in [-0.4, -0.2) is 25.6 Å². The molecule has 8 nitrogen and oxygen atoms in total. The summed E-state index contributed by atoms with van der Waals surface area (Å²) < 4.78 is 1.79. The molecule has 2 heterocycles. The summed E-state index contributed by atoms with van der Waals surface area (Å²) in [6, 6.07) is 13.2. The largest absolute Gasteiger partial charge is 0.404 e. The summed E-state index contributed by atoms with van der Waals surface area (Å²) in [6.07, 6.45) is 1.55. The Balaban J connectivity index is 1.42. The van der Waals surface area contributed by atoms with Crippen LogP contribution in [0.4, 0.5) is 10.9 Å². The van der Waals surface area contributed by atoms with Crippen LogP contribution in [0.25, 0.3) is 11.3 Å². The average Bonchev–Trinajstić information content (AvgIpc) is 3.37. The molecule has 32 heavy (non-hydrogen) atoms. The van der Waals surface area contributed by atoms with Gasteiger partial charge < -0.3 is 10.1 Å². The SMILES string of the molecule is Cc1ccc(-c2csc(NC(=O)c3ccc(Cn4cc(Br)c([N+](=O)[O-])n4)cc3)n2)cc1C. The number of aryl methyl sites for hydroxylation is 2. The minimum Gasteiger partial charge on any atom is -0.358 e. The number of amides is 1. The Morgan fingerprint density at radius 1 is 1.19 bits per heavy atom. The highest BCUT2D eigenvalue weighted by molar-refractivity contribution is 9.10. The molecular formula is C22H18BrN5O3S. The smallest absolute Gasteiger partial charge is 0.358 e. The summed E-state index contributed by atoms with van der Waals surface area (Å²) in [6.45, 7) is 4.47. The van der Waals surface area contributed by atoms with E-state index in [1.54, 1.807) is 30.5 Å². The van der Waals surface area contributed by atoms with Crippen molar-refractivity contribution < 1.29 is 9.72 Å². The molecule has 0 unspecified atom stereocenters. The summed E-state index contributed by atoms with van der Waals surface area (Å²) in [4.78, 5) is 27.5. The van der Waals surface area contributed by atoms with Crippen LogP contribution in [0.2, 0.25) is 0 Å². The second-order valence-electron chi connectivity index (χ2n) is 7.24. The molecule has 4 rings (SSSR count).